The second kappa shape index (κ2) is 8.68. The SMILES string of the molecule is CCNS(=O)(=O)c1ccc(C)c(C(=O)N2CCN(CCS(C)(=O)=O)CC2)c1. The molecule has 1 aromatic rings. The standard InChI is InChI=1S/C17H27N3O5S2/c1-4-18-27(24,25)15-6-5-14(2)16(13-15)17(21)20-9-7-19(8-10-20)11-12-26(3,22)23/h5-6,13,18H,4,7-12H2,1-3H3. The van der Waals surface area contributed by atoms with Crippen LogP contribution in [0.1, 0.15) is 22.8 Å². The van der Waals surface area contributed by atoms with Crippen molar-refractivity contribution in [2.75, 3.05) is 51.3 Å². The zero-order valence-electron chi connectivity index (χ0n) is 15.9. The van der Waals surface area contributed by atoms with E-state index < -0.39 is 19.9 Å². The van der Waals surface area contributed by atoms with Crippen LogP contribution in [0.15, 0.2) is 23.1 Å². The van der Waals surface area contributed by atoms with Crippen LogP contribution in [0.2, 0.25) is 0 Å². The molecule has 0 spiro atoms. The summed E-state index contributed by atoms with van der Waals surface area (Å²) in [7, 11) is -6.64. The van der Waals surface area contributed by atoms with Gasteiger partial charge in [-0.3, -0.25) is 9.69 Å². The quantitative estimate of drug-likeness (QED) is 0.675. The van der Waals surface area contributed by atoms with Crippen molar-refractivity contribution in [1.82, 2.24) is 14.5 Å². The summed E-state index contributed by atoms with van der Waals surface area (Å²) < 4.78 is 49.4. The first-order chi connectivity index (χ1) is 12.5. The third-order valence-corrected chi connectivity index (χ3v) is 6.99. The number of benzene rings is 1. The van der Waals surface area contributed by atoms with Gasteiger partial charge in [-0.15, -0.1) is 0 Å². The number of sulfonamides is 1. The molecule has 1 saturated heterocycles. The molecular weight excluding hydrogens is 390 g/mol. The van der Waals surface area contributed by atoms with Crippen molar-refractivity contribution in [2.24, 2.45) is 0 Å². The second-order valence-corrected chi connectivity index (χ2v) is 10.8. The van der Waals surface area contributed by atoms with Crippen LogP contribution in [0.4, 0.5) is 0 Å². The van der Waals surface area contributed by atoms with Gasteiger partial charge in [0, 0.05) is 51.1 Å². The summed E-state index contributed by atoms with van der Waals surface area (Å²) in [6.45, 7) is 6.34. The Kier molecular flexibility index (Phi) is 7.01. The molecular formula is C17H27N3O5S2. The van der Waals surface area contributed by atoms with Gasteiger partial charge in [0.05, 0.1) is 10.6 Å². The summed E-state index contributed by atoms with van der Waals surface area (Å²) in [5.41, 5.74) is 1.09. The number of rotatable bonds is 7. The van der Waals surface area contributed by atoms with Gasteiger partial charge in [-0.2, -0.15) is 0 Å². The number of hydrogen-bond donors (Lipinski definition) is 1. The molecule has 0 radical (unpaired) electrons. The summed E-state index contributed by atoms with van der Waals surface area (Å²) in [5, 5.41) is 0. The Morgan fingerprint density at radius 1 is 1.11 bits per heavy atom. The largest absolute Gasteiger partial charge is 0.336 e. The number of hydrogen-bond acceptors (Lipinski definition) is 6. The number of piperazine rings is 1. The van der Waals surface area contributed by atoms with Crippen molar-refractivity contribution < 1.29 is 21.6 Å². The highest BCUT2D eigenvalue weighted by Crippen LogP contribution is 2.18. The lowest BCUT2D eigenvalue weighted by molar-refractivity contribution is 0.0643. The zero-order valence-corrected chi connectivity index (χ0v) is 17.6. The van der Waals surface area contributed by atoms with Crippen molar-refractivity contribution >= 4 is 25.8 Å². The molecule has 1 fully saturated rings. The molecule has 1 aliphatic rings. The predicted molar refractivity (Wildman–Crippen MR) is 104 cm³/mol. The Hall–Kier alpha value is -1.49. The number of carbonyl (C=O) groups excluding carboxylic acids is 1. The van der Waals surface area contributed by atoms with E-state index in [1.165, 1.54) is 18.4 Å². The van der Waals surface area contributed by atoms with E-state index in [0.29, 0.717) is 38.3 Å². The molecule has 152 valence electrons. The Labute approximate surface area is 161 Å². The molecule has 1 aliphatic heterocycles. The Morgan fingerprint density at radius 2 is 1.74 bits per heavy atom. The minimum atomic E-state index is -3.63. The molecule has 10 heteroatoms. The molecule has 0 atom stereocenters. The summed E-state index contributed by atoms with van der Waals surface area (Å²) in [6.07, 6.45) is 1.21. The van der Waals surface area contributed by atoms with Gasteiger partial charge < -0.3 is 4.90 Å². The first-order valence-corrected chi connectivity index (χ1v) is 12.4. The molecule has 0 aliphatic carbocycles. The molecule has 1 N–H and O–H groups in total. The van der Waals surface area contributed by atoms with Crippen LogP contribution in [0, 0.1) is 6.92 Å². The number of carbonyl (C=O) groups is 1. The van der Waals surface area contributed by atoms with Gasteiger partial charge in [0.1, 0.15) is 9.84 Å². The van der Waals surface area contributed by atoms with E-state index in [4.69, 9.17) is 0 Å². The van der Waals surface area contributed by atoms with Gasteiger partial charge in [0.25, 0.3) is 5.91 Å². The van der Waals surface area contributed by atoms with Gasteiger partial charge >= 0.3 is 0 Å². The average molecular weight is 418 g/mol. The van der Waals surface area contributed by atoms with E-state index in [1.54, 1.807) is 24.8 Å². The highest BCUT2D eigenvalue weighted by molar-refractivity contribution is 7.90. The maximum absolute atomic E-state index is 12.9. The third-order valence-electron chi connectivity index (χ3n) is 4.52. The van der Waals surface area contributed by atoms with Crippen LogP contribution in [0.5, 0.6) is 0 Å². The van der Waals surface area contributed by atoms with E-state index in [2.05, 4.69) is 4.72 Å². The van der Waals surface area contributed by atoms with E-state index in [1.807, 2.05) is 4.90 Å². The van der Waals surface area contributed by atoms with Crippen LogP contribution in [0.3, 0.4) is 0 Å². The molecule has 2 rings (SSSR count). The molecule has 0 unspecified atom stereocenters. The monoisotopic (exact) mass is 417 g/mol. The minimum Gasteiger partial charge on any atom is -0.336 e. The summed E-state index contributed by atoms with van der Waals surface area (Å²) in [4.78, 5) is 16.7. The van der Waals surface area contributed by atoms with Crippen LogP contribution in [0.25, 0.3) is 0 Å². The molecule has 1 aromatic carbocycles. The molecule has 0 bridgehead atoms. The third kappa shape index (κ3) is 6.00. The normalized spacial score (nSPS) is 16.5. The Morgan fingerprint density at radius 3 is 2.30 bits per heavy atom. The van der Waals surface area contributed by atoms with Crippen LogP contribution >= 0.6 is 0 Å². The minimum absolute atomic E-state index is 0.0742. The van der Waals surface area contributed by atoms with E-state index >= 15 is 0 Å². The van der Waals surface area contributed by atoms with E-state index in [0.717, 1.165) is 5.56 Å². The maximum Gasteiger partial charge on any atom is 0.254 e. The second-order valence-electron chi connectivity index (χ2n) is 6.74. The van der Waals surface area contributed by atoms with Gasteiger partial charge in [-0.25, -0.2) is 21.6 Å². The Balaban J connectivity index is 2.08. The lowest BCUT2D eigenvalue weighted by atomic mass is 10.1. The fourth-order valence-corrected chi connectivity index (χ4v) is 4.57. The van der Waals surface area contributed by atoms with Gasteiger partial charge in [-0.1, -0.05) is 13.0 Å². The van der Waals surface area contributed by atoms with Crippen LogP contribution in [-0.4, -0.2) is 83.8 Å². The van der Waals surface area contributed by atoms with Crippen molar-refractivity contribution in [2.45, 2.75) is 18.7 Å². The van der Waals surface area contributed by atoms with Crippen molar-refractivity contribution in [3.63, 3.8) is 0 Å². The number of amides is 1. The molecule has 8 nitrogen and oxygen atoms in total. The number of nitrogens with zero attached hydrogens (tertiary/aromatic N) is 2. The van der Waals surface area contributed by atoms with Crippen LogP contribution in [-0.2, 0) is 19.9 Å². The number of aryl methyl sites for hydroxylation is 1. The van der Waals surface area contributed by atoms with Gasteiger partial charge in [0.2, 0.25) is 10.0 Å². The van der Waals surface area contributed by atoms with Crippen molar-refractivity contribution in [3.8, 4) is 0 Å². The summed E-state index contributed by atoms with van der Waals surface area (Å²) in [6, 6.07) is 4.55. The average Bonchev–Trinajstić information content (AvgIpc) is 2.59. The predicted octanol–water partition coefficient (Wildman–Crippen LogP) is 0.0956. The summed E-state index contributed by atoms with van der Waals surface area (Å²) in [5.74, 6) is -0.103. The van der Waals surface area contributed by atoms with Gasteiger partial charge in [0.15, 0.2) is 0 Å². The first kappa shape index (κ1) is 21.8. The molecule has 1 heterocycles. The summed E-state index contributed by atoms with van der Waals surface area (Å²) >= 11 is 0. The Bertz CT molecular complexity index is 889. The highest BCUT2D eigenvalue weighted by Gasteiger charge is 2.25. The van der Waals surface area contributed by atoms with E-state index in [-0.39, 0.29) is 23.1 Å². The lowest BCUT2D eigenvalue weighted by Gasteiger charge is -2.34. The van der Waals surface area contributed by atoms with Gasteiger partial charge in [-0.05, 0) is 24.6 Å². The van der Waals surface area contributed by atoms with E-state index in [9.17, 15) is 21.6 Å². The molecule has 1 amide bonds. The zero-order chi connectivity index (χ0) is 20.2. The first-order valence-electron chi connectivity index (χ1n) is 8.83. The highest BCUT2D eigenvalue weighted by atomic mass is 32.2. The maximum atomic E-state index is 12.9. The number of sulfone groups is 1. The fraction of sp³-hybridized carbons (Fsp3) is 0.588. The molecule has 27 heavy (non-hydrogen) atoms. The van der Waals surface area contributed by atoms with Crippen LogP contribution < -0.4 is 4.72 Å². The smallest absolute Gasteiger partial charge is 0.254 e. The molecule has 0 aromatic heterocycles. The lowest BCUT2D eigenvalue weighted by Crippen LogP contribution is -2.49. The number of nitrogens with one attached hydrogen (secondary N) is 1. The molecule has 0 saturated carbocycles. The fourth-order valence-electron chi connectivity index (χ4n) is 2.91. The van der Waals surface area contributed by atoms with Crippen molar-refractivity contribution in [3.05, 3.63) is 29.3 Å². The topological polar surface area (TPSA) is 104 Å². The van der Waals surface area contributed by atoms with Crippen molar-refractivity contribution in [1.29, 1.82) is 0 Å².